The van der Waals surface area contributed by atoms with E-state index in [0.29, 0.717) is 44.3 Å². The Balaban J connectivity index is 1.71. The van der Waals surface area contributed by atoms with Gasteiger partial charge in [-0.25, -0.2) is 4.39 Å². The molecule has 0 fully saturated rings. The van der Waals surface area contributed by atoms with Crippen molar-refractivity contribution in [1.29, 1.82) is 0 Å². The number of aryl methyl sites for hydroxylation is 1. The van der Waals surface area contributed by atoms with Crippen molar-refractivity contribution in [2.75, 3.05) is 26.7 Å². The second-order valence-electron chi connectivity index (χ2n) is 10.0. The van der Waals surface area contributed by atoms with Crippen molar-refractivity contribution in [3.05, 3.63) is 65.0 Å². The van der Waals surface area contributed by atoms with E-state index in [0.717, 1.165) is 11.1 Å². The molecule has 0 saturated heterocycles. The van der Waals surface area contributed by atoms with Crippen LogP contribution in [0.25, 0.3) is 0 Å². The highest BCUT2D eigenvalue weighted by atomic mass is 19.4. The highest BCUT2D eigenvalue weighted by molar-refractivity contribution is 5.67. The van der Waals surface area contributed by atoms with Gasteiger partial charge in [0.15, 0.2) is 6.61 Å². The Hall–Kier alpha value is -2.61. The average Bonchev–Trinajstić information content (AvgIpc) is 2.79. The average molecular weight is 510 g/mol. The minimum absolute atomic E-state index is 0.0735. The summed E-state index contributed by atoms with van der Waals surface area (Å²) in [6.07, 6.45) is -2.06. The second kappa shape index (κ2) is 11.6. The summed E-state index contributed by atoms with van der Waals surface area (Å²) in [5, 5.41) is 0. The molecule has 2 aromatic rings. The number of likely N-dealkylation sites (N-methyl/N-ethyl adjacent to an activating group) is 1. The van der Waals surface area contributed by atoms with Gasteiger partial charge in [0.25, 0.3) is 0 Å². The molecule has 0 aromatic heterocycles. The highest BCUT2D eigenvalue weighted by Crippen LogP contribution is 2.48. The molecule has 36 heavy (non-hydrogen) atoms. The van der Waals surface area contributed by atoms with E-state index in [-0.39, 0.29) is 29.4 Å². The molecule has 2 atom stereocenters. The molecular formula is C28H35F4NO3. The van der Waals surface area contributed by atoms with Gasteiger partial charge in [0.05, 0.1) is 0 Å². The quantitative estimate of drug-likeness (QED) is 0.278. The summed E-state index contributed by atoms with van der Waals surface area (Å²) in [6, 6.07) is 11.6. The predicted octanol–water partition coefficient (Wildman–Crippen LogP) is 6.32. The lowest BCUT2D eigenvalue weighted by atomic mass is 9.65. The third-order valence-corrected chi connectivity index (χ3v) is 6.88. The zero-order valence-electron chi connectivity index (χ0n) is 21.3. The summed E-state index contributed by atoms with van der Waals surface area (Å²) in [7, 11) is 1.94. The molecule has 198 valence electrons. The van der Waals surface area contributed by atoms with E-state index in [4.69, 9.17) is 9.47 Å². The Kier molecular flexibility index (Phi) is 9.03. The number of halogens is 4. The fraction of sp³-hybridized carbons (Fsp3) is 0.536. The molecule has 3 rings (SSSR count). The van der Waals surface area contributed by atoms with Crippen LogP contribution in [0, 0.1) is 11.7 Å². The van der Waals surface area contributed by atoms with E-state index >= 15 is 0 Å². The molecule has 0 bridgehead atoms. The first-order valence-corrected chi connectivity index (χ1v) is 12.3. The van der Waals surface area contributed by atoms with Crippen LogP contribution < -0.4 is 4.74 Å². The monoisotopic (exact) mass is 509 g/mol. The minimum Gasteiger partial charge on any atom is -0.484 e. The zero-order valence-corrected chi connectivity index (χ0v) is 21.3. The first-order chi connectivity index (χ1) is 16.9. The zero-order chi connectivity index (χ0) is 26.5. The number of rotatable bonds is 10. The number of esters is 1. The van der Waals surface area contributed by atoms with E-state index in [2.05, 4.69) is 18.7 Å². The number of fused-ring (bicyclic) bond motifs is 1. The van der Waals surface area contributed by atoms with Crippen LogP contribution in [-0.2, 0) is 22.4 Å². The molecule has 1 aliphatic rings. The van der Waals surface area contributed by atoms with Gasteiger partial charge in [0, 0.05) is 32.4 Å². The van der Waals surface area contributed by atoms with Gasteiger partial charge in [-0.2, -0.15) is 13.2 Å². The van der Waals surface area contributed by atoms with E-state index in [9.17, 15) is 22.4 Å². The third-order valence-electron chi connectivity index (χ3n) is 6.88. The molecule has 0 radical (unpaired) electrons. The lowest BCUT2D eigenvalue weighted by Crippen LogP contribution is -2.48. The van der Waals surface area contributed by atoms with Crippen LogP contribution in [0.15, 0.2) is 42.5 Å². The maximum Gasteiger partial charge on any atom is 0.422 e. The minimum atomic E-state index is -4.40. The molecule has 8 heteroatoms. The van der Waals surface area contributed by atoms with Gasteiger partial charge in [-0.15, -0.1) is 0 Å². The smallest absolute Gasteiger partial charge is 0.422 e. The van der Waals surface area contributed by atoms with Crippen molar-refractivity contribution < 1.29 is 31.8 Å². The second-order valence-corrected chi connectivity index (χ2v) is 10.0. The number of hydrogen-bond acceptors (Lipinski definition) is 4. The van der Waals surface area contributed by atoms with Crippen molar-refractivity contribution in [3.8, 4) is 5.75 Å². The van der Waals surface area contributed by atoms with Gasteiger partial charge in [-0.3, -0.25) is 4.79 Å². The summed E-state index contributed by atoms with van der Waals surface area (Å²) in [4.78, 5) is 14.3. The Morgan fingerprint density at radius 3 is 2.56 bits per heavy atom. The Morgan fingerprint density at radius 1 is 1.17 bits per heavy atom. The van der Waals surface area contributed by atoms with Gasteiger partial charge in [0.2, 0.25) is 0 Å². The van der Waals surface area contributed by atoms with Crippen LogP contribution in [0.2, 0.25) is 0 Å². The molecule has 0 unspecified atom stereocenters. The molecule has 2 aromatic carbocycles. The maximum absolute atomic E-state index is 13.9. The fourth-order valence-electron chi connectivity index (χ4n) is 5.39. The number of nitrogens with zero attached hydrogens (tertiary/aromatic N) is 1. The number of hydrogen-bond donors (Lipinski definition) is 0. The van der Waals surface area contributed by atoms with Crippen LogP contribution in [0.4, 0.5) is 17.6 Å². The Labute approximate surface area is 210 Å². The van der Waals surface area contributed by atoms with E-state index in [1.807, 2.05) is 13.1 Å². The van der Waals surface area contributed by atoms with Crippen LogP contribution in [0.3, 0.4) is 0 Å². The van der Waals surface area contributed by atoms with Gasteiger partial charge in [-0.05, 0) is 67.1 Å². The Morgan fingerprint density at radius 2 is 1.89 bits per heavy atom. The first kappa shape index (κ1) is 28.0. The summed E-state index contributed by atoms with van der Waals surface area (Å²) < 4.78 is 62.7. The van der Waals surface area contributed by atoms with Crippen molar-refractivity contribution in [1.82, 2.24) is 4.90 Å². The highest BCUT2D eigenvalue weighted by Gasteiger charge is 2.47. The van der Waals surface area contributed by atoms with E-state index in [1.54, 1.807) is 30.3 Å². The summed E-state index contributed by atoms with van der Waals surface area (Å²) in [6.45, 7) is 5.48. The van der Waals surface area contributed by atoms with Gasteiger partial charge >= 0.3 is 12.1 Å². The van der Waals surface area contributed by atoms with Crippen LogP contribution >= 0.6 is 0 Å². The Bertz CT molecular complexity index is 1040. The van der Waals surface area contributed by atoms with Crippen molar-refractivity contribution in [2.24, 2.45) is 5.92 Å². The summed E-state index contributed by atoms with van der Waals surface area (Å²) in [5.74, 6) is -0.289. The molecular weight excluding hydrogens is 474 g/mol. The summed E-state index contributed by atoms with van der Waals surface area (Å²) in [5.41, 5.74) is 1.97. The van der Waals surface area contributed by atoms with Crippen molar-refractivity contribution >= 4 is 5.97 Å². The fourth-order valence-corrected chi connectivity index (χ4v) is 5.39. The molecule has 0 amide bonds. The maximum atomic E-state index is 13.9. The number of benzene rings is 2. The van der Waals surface area contributed by atoms with Crippen molar-refractivity contribution in [3.63, 3.8) is 0 Å². The molecule has 1 aliphatic carbocycles. The normalized spacial score (nSPS) is 19.9. The lowest BCUT2D eigenvalue weighted by molar-refractivity contribution is -0.165. The van der Waals surface area contributed by atoms with E-state index in [1.165, 1.54) is 13.0 Å². The third kappa shape index (κ3) is 7.21. The number of para-hydroxylation sites is 1. The lowest BCUT2D eigenvalue weighted by Gasteiger charge is -2.47. The van der Waals surface area contributed by atoms with Gasteiger partial charge in [-0.1, -0.05) is 38.1 Å². The molecule has 0 heterocycles. The molecule has 0 spiro atoms. The topological polar surface area (TPSA) is 38.8 Å². The largest absolute Gasteiger partial charge is 0.484 e. The molecule has 0 saturated carbocycles. The molecule has 4 nitrogen and oxygen atoms in total. The van der Waals surface area contributed by atoms with Crippen LogP contribution in [0.5, 0.6) is 5.75 Å². The SMILES string of the molecule is CC(=O)O[C@]1(CCN(C)CCc2ccccc2OCC(F)(F)F)CCc2cc(F)ccc2[C@@H]1C(C)C. The molecule has 0 aliphatic heterocycles. The predicted molar refractivity (Wildman–Crippen MR) is 131 cm³/mol. The number of ether oxygens (including phenoxy) is 2. The van der Waals surface area contributed by atoms with Crippen LogP contribution in [0.1, 0.15) is 56.2 Å². The van der Waals surface area contributed by atoms with E-state index < -0.39 is 18.4 Å². The standard InChI is InChI=1S/C28H35F4NO3/c1-19(2)26-24-10-9-23(29)17-22(24)11-13-27(26,36-20(3)34)14-16-33(4)15-12-21-7-5-6-8-25(21)35-18-28(30,31)32/h5-10,17,19,26H,11-16,18H2,1-4H3/t26-,27-/m0/s1. The number of carbonyl (C=O) groups is 1. The van der Waals surface area contributed by atoms with Gasteiger partial charge < -0.3 is 14.4 Å². The first-order valence-electron chi connectivity index (χ1n) is 12.3. The van der Waals surface area contributed by atoms with Crippen molar-refractivity contribution in [2.45, 2.75) is 64.1 Å². The molecule has 0 N–H and O–H groups in total. The number of carbonyl (C=O) groups excluding carboxylic acids is 1. The summed E-state index contributed by atoms with van der Waals surface area (Å²) >= 11 is 0. The van der Waals surface area contributed by atoms with Crippen LogP contribution in [-0.4, -0.2) is 49.4 Å². The number of alkyl halides is 3. The van der Waals surface area contributed by atoms with Gasteiger partial charge in [0.1, 0.15) is 17.2 Å².